The highest BCUT2D eigenvalue weighted by Crippen LogP contribution is 2.27. The molecule has 0 spiro atoms. The number of benzene rings is 1. The Kier molecular flexibility index (Phi) is 6.23. The molecule has 24 heavy (non-hydrogen) atoms. The van der Waals surface area contributed by atoms with Gasteiger partial charge in [0.25, 0.3) is 0 Å². The maximum Gasteiger partial charge on any atom is 0.161 e. The zero-order valence-corrected chi connectivity index (χ0v) is 14.7. The van der Waals surface area contributed by atoms with Gasteiger partial charge in [0.1, 0.15) is 30.8 Å². The van der Waals surface area contributed by atoms with E-state index in [9.17, 15) is 5.11 Å². The van der Waals surface area contributed by atoms with Gasteiger partial charge >= 0.3 is 0 Å². The maximum absolute atomic E-state index is 10.0. The summed E-state index contributed by atoms with van der Waals surface area (Å²) in [7, 11) is 0. The Morgan fingerprint density at radius 3 is 2.46 bits per heavy atom. The van der Waals surface area contributed by atoms with Crippen LogP contribution in [0, 0.1) is 6.92 Å². The number of hydrogen-bond donors (Lipinski definition) is 2. The highest BCUT2D eigenvalue weighted by Gasteiger charge is 2.14. The predicted octanol–water partition coefficient (Wildman–Crippen LogP) is 2.69. The van der Waals surface area contributed by atoms with Gasteiger partial charge in [-0.15, -0.1) is 0 Å². The first kappa shape index (κ1) is 18.3. The van der Waals surface area contributed by atoms with Crippen molar-refractivity contribution in [1.82, 2.24) is 10.5 Å². The molecule has 0 bridgehead atoms. The third-order valence-electron chi connectivity index (χ3n) is 3.20. The fourth-order valence-electron chi connectivity index (χ4n) is 2.00. The van der Waals surface area contributed by atoms with E-state index in [1.54, 1.807) is 0 Å². The Labute approximate surface area is 142 Å². The summed E-state index contributed by atoms with van der Waals surface area (Å²) in [4.78, 5) is 0. The lowest BCUT2D eigenvalue weighted by molar-refractivity contribution is 0.0976. The summed E-state index contributed by atoms with van der Waals surface area (Å²) < 4.78 is 16.5. The average molecular weight is 334 g/mol. The van der Waals surface area contributed by atoms with Gasteiger partial charge in [0, 0.05) is 18.2 Å². The SMILES string of the molecule is Cc1cc(COc2ccccc2OCC(O)CNC(C)(C)C)no1. The van der Waals surface area contributed by atoms with Crippen LogP contribution < -0.4 is 14.8 Å². The largest absolute Gasteiger partial charge is 0.487 e. The van der Waals surface area contributed by atoms with Gasteiger partial charge < -0.3 is 24.4 Å². The number of β-amino-alcohol motifs (C(OH)–C–C–N with tert-alkyl or cyclic N) is 1. The number of aromatic nitrogens is 1. The van der Waals surface area contributed by atoms with Crippen LogP contribution in [0.4, 0.5) is 0 Å². The van der Waals surface area contributed by atoms with Crippen LogP contribution in [0.25, 0.3) is 0 Å². The Balaban J connectivity index is 1.86. The van der Waals surface area contributed by atoms with Crippen LogP contribution in [0.5, 0.6) is 11.5 Å². The molecule has 0 aliphatic rings. The highest BCUT2D eigenvalue weighted by molar-refractivity contribution is 5.39. The molecule has 0 fully saturated rings. The second kappa shape index (κ2) is 8.17. The van der Waals surface area contributed by atoms with Crippen molar-refractivity contribution in [2.45, 2.75) is 45.9 Å². The van der Waals surface area contributed by atoms with E-state index in [-0.39, 0.29) is 12.1 Å². The van der Waals surface area contributed by atoms with Crippen molar-refractivity contribution in [3.8, 4) is 11.5 Å². The van der Waals surface area contributed by atoms with Crippen molar-refractivity contribution in [2.24, 2.45) is 0 Å². The van der Waals surface area contributed by atoms with Crippen molar-refractivity contribution in [3.63, 3.8) is 0 Å². The monoisotopic (exact) mass is 334 g/mol. The highest BCUT2D eigenvalue weighted by atomic mass is 16.5. The molecule has 2 N–H and O–H groups in total. The van der Waals surface area contributed by atoms with Crippen molar-refractivity contribution in [2.75, 3.05) is 13.2 Å². The molecule has 1 heterocycles. The standard InChI is InChI=1S/C18H26N2O4/c1-13-9-14(20-24-13)11-22-16-7-5-6-8-17(16)23-12-15(21)10-19-18(2,3)4/h5-9,15,19,21H,10-12H2,1-4H3. The fraction of sp³-hybridized carbons (Fsp3) is 0.500. The fourth-order valence-corrected chi connectivity index (χ4v) is 2.00. The Morgan fingerprint density at radius 2 is 1.88 bits per heavy atom. The number of hydrogen-bond acceptors (Lipinski definition) is 6. The molecule has 1 aromatic carbocycles. The number of para-hydroxylation sites is 2. The molecule has 0 saturated carbocycles. The lowest BCUT2D eigenvalue weighted by atomic mass is 10.1. The van der Waals surface area contributed by atoms with Crippen LogP contribution in [-0.4, -0.2) is 35.1 Å². The number of aryl methyl sites for hydroxylation is 1. The predicted molar refractivity (Wildman–Crippen MR) is 91.3 cm³/mol. The van der Waals surface area contributed by atoms with E-state index in [1.165, 1.54) is 0 Å². The molecule has 6 nitrogen and oxygen atoms in total. The van der Waals surface area contributed by atoms with E-state index in [0.29, 0.717) is 24.7 Å². The second-order valence-corrected chi connectivity index (χ2v) is 6.76. The first-order valence-corrected chi connectivity index (χ1v) is 8.03. The molecule has 0 aliphatic carbocycles. The summed E-state index contributed by atoms with van der Waals surface area (Å²) in [5, 5.41) is 17.2. The lowest BCUT2D eigenvalue weighted by Crippen LogP contribution is -2.42. The maximum atomic E-state index is 10.0. The first-order chi connectivity index (χ1) is 11.3. The Morgan fingerprint density at radius 1 is 1.21 bits per heavy atom. The quantitative estimate of drug-likeness (QED) is 0.773. The van der Waals surface area contributed by atoms with Crippen LogP contribution in [0.1, 0.15) is 32.2 Å². The number of nitrogens with zero attached hydrogens (tertiary/aromatic N) is 1. The topological polar surface area (TPSA) is 76.8 Å². The Hall–Kier alpha value is -2.05. The smallest absolute Gasteiger partial charge is 0.161 e. The summed E-state index contributed by atoms with van der Waals surface area (Å²) in [6.45, 7) is 8.93. The number of rotatable bonds is 8. The summed E-state index contributed by atoms with van der Waals surface area (Å²) in [6, 6.07) is 9.19. The van der Waals surface area contributed by atoms with E-state index < -0.39 is 6.10 Å². The number of ether oxygens (including phenoxy) is 2. The average Bonchev–Trinajstić information content (AvgIpc) is 2.94. The summed E-state index contributed by atoms with van der Waals surface area (Å²) in [5.41, 5.74) is 0.675. The molecule has 0 amide bonds. The minimum Gasteiger partial charge on any atom is -0.487 e. The van der Waals surface area contributed by atoms with E-state index in [4.69, 9.17) is 14.0 Å². The van der Waals surface area contributed by atoms with Crippen LogP contribution in [0.3, 0.4) is 0 Å². The third kappa shape index (κ3) is 6.22. The van der Waals surface area contributed by atoms with Gasteiger partial charge in [0.05, 0.1) is 0 Å². The minimum atomic E-state index is -0.601. The molecule has 2 aromatic rings. The number of aliphatic hydroxyl groups is 1. The molecule has 6 heteroatoms. The van der Waals surface area contributed by atoms with E-state index in [2.05, 4.69) is 31.2 Å². The van der Waals surface area contributed by atoms with Crippen LogP contribution in [0.2, 0.25) is 0 Å². The molecule has 0 radical (unpaired) electrons. The van der Waals surface area contributed by atoms with Crippen molar-refractivity contribution >= 4 is 0 Å². The Bertz CT molecular complexity index is 634. The van der Waals surface area contributed by atoms with Gasteiger partial charge in [-0.25, -0.2) is 0 Å². The number of aliphatic hydroxyl groups excluding tert-OH is 1. The second-order valence-electron chi connectivity index (χ2n) is 6.76. The van der Waals surface area contributed by atoms with Gasteiger partial charge in [0.15, 0.2) is 11.5 Å². The molecule has 132 valence electrons. The van der Waals surface area contributed by atoms with Crippen LogP contribution >= 0.6 is 0 Å². The van der Waals surface area contributed by atoms with Crippen molar-refractivity contribution in [1.29, 1.82) is 0 Å². The van der Waals surface area contributed by atoms with E-state index in [0.717, 1.165) is 11.5 Å². The molecule has 1 unspecified atom stereocenters. The van der Waals surface area contributed by atoms with Crippen LogP contribution in [0.15, 0.2) is 34.9 Å². The normalized spacial score (nSPS) is 12.9. The lowest BCUT2D eigenvalue weighted by Gasteiger charge is -2.23. The number of nitrogens with one attached hydrogen (secondary N) is 1. The summed E-state index contributed by atoms with van der Waals surface area (Å²) in [5.74, 6) is 1.94. The summed E-state index contributed by atoms with van der Waals surface area (Å²) in [6.07, 6.45) is -0.601. The van der Waals surface area contributed by atoms with E-state index in [1.807, 2.05) is 37.3 Å². The van der Waals surface area contributed by atoms with Gasteiger partial charge in [0.2, 0.25) is 0 Å². The molecule has 0 aliphatic heterocycles. The van der Waals surface area contributed by atoms with Gasteiger partial charge in [-0.2, -0.15) is 0 Å². The van der Waals surface area contributed by atoms with Crippen molar-refractivity contribution in [3.05, 3.63) is 41.8 Å². The first-order valence-electron chi connectivity index (χ1n) is 8.03. The van der Waals surface area contributed by atoms with Gasteiger partial charge in [-0.3, -0.25) is 0 Å². The molecule has 2 rings (SSSR count). The molecule has 1 aromatic heterocycles. The van der Waals surface area contributed by atoms with E-state index >= 15 is 0 Å². The van der Waals surface area contributed by atoms with Gasteiger partial charge in [-0.1, -0.05) is 17.3 Å². The molecular weight excluding hydrogens is 308 g/mol. The zero-order valence-electron chi connectivity index (χ0n) is 14.7. The minimum absolute atomic E-state index is 0.0439. The summed E-state index contributed by atoms with van der Waals surface area (Å²) >= 11 is 0. The third-order valence-corrected chi connectivity index (χ3v) is 3.20. The zero-order chi connectivity index (χ0) is 17.6. The van der Waals surface area contributed by atoms with Crippen LogP contribution in [-0.2, 0) is 6.61 Å². The molecule has 0 saturated heterocycles. The van der Waals surface area contributed by atoms with Crippen molar-refractivity contribution < 1.29 is 19.1 Å². The molecule has 1 atom stereocenters. The van der Waals surface area contributed by atoms with Gasteiger partial charge in [-0.05, 0) is 39.8 Å². The molecular formula is C18H26N2O4.